The Hall–Kier alpha value is -3.36. The van der Waals surface area contributed by atoms with Crippen molar-refractivity contribution in [3.63, 3.8) is 0 Å². The number of benzene rings is 3. The molecule has 4 aromatic rings. The number of hydrogen-bond acceptors (Lipinski definition) is 5. The molecule has 5 nitrogen and oxygen atoms in total. The fraction of sp³-hybridized carbons (Fsp3) is 0.231. The first kappa shape index (κ1) is 23.4. The highest BCUT2D eigenvalue weighted by atomic mass is 35.5. The zero-order valence-electron chi connectivity index (χ0n) is 18.6. The summed E-state index contributed by atoms with van der Waals surface area (Å²) in [5.41, 5.74) is 1.71. The predicted octanol–water partition coefficient (Wildman–Crippen LogP) is 6.32. The maximum Gasteiger partial charge on any atom is 0.416 e. The molecule has 2 heterocycles. The molecule has 1 aliphatic heterocycles. The minimum absolute atomic E-state index is 0.270. The third-order valence-corrected chi connectivity index (χ3v) is 6.35. The molecule has 1 fully saturated rings. The second-order valence-corrected chi connectivity index (χ2v) is 8.77. The summed E-state index contributed by atoms with van der Waals surface area (Å²) in [4.78, 5) is 4.19. The van der Waals surface area contributed by atoms with E-state index in [-0.39, 0.29) is 6.04 Å². The second-order valence-electron chi connectivity index (χ2n) is 8.34. The van der Waals surface area contributed by atoms with Crippen LogP contribution in [-0.4, -0.2) is 41.3 Å². The fourth-order valence-corrected chi connectivity index (χ4v) is 4.44. The molecule has 3 aromatic carbocycles. The Morgan fingerprint density at radius 2 is 1.54 bits per heavy atom. The van der Waals surface area contributed by atoms with Crippen LogP contribution in [0, 0.1) is 0 Å². The van der Waals surface area contributed by atoms with E-state index in [2.05, 4.69) is 15.1 Å². The van der Waals surface area contributed by atoms with Crippen LogP contribution in [0.15, 0.2) is 83.3 Å². The van der Waals surface area contributed by atoms with Crippen molar-refractivity contribution in [1.29, 1.82) is 0 Å². The van der Waals surface area contributed by atoms with E-state index < -0.39 is 11.7 Å². The molecule has 1 aliphatic rings. The summed E-state index contributed by atoms with van der Waals surface area (Å²) >= 11 is 5.99. The highest BCUT2D eigenvalue weighted by Gasteiger charge is 2.33. The van der Waals surface area contributed by atoms with Gasteiger partial charge in [0.2, 0.25) is 11.8 Å². The molecule has 0 radical (unpaired) electrons. The number of piperazine rings is 1. The van der Waals surface area contributed by atoms with Gasteiger partial charge in [0.05, 0.1) is 5.56 Å². The minimum atomic E-state index is -4.37. The first-order chi connectivity index (χ1) is 16.9. The Morgan fingerprint density at radius 1 is 0.829 bits per heavy atom. The van der Waals surface area contributed by atoms with Crippen LogP contribution >= 0.6 is 11.6 Å². The Morgan fingerprint density at radius 3 is 2.23 bits per heavy atom. The van der Waals surface area contributed by atoms with Crippen LogP contribution in [0.25, 0.3) is 11.5 Å². The van der Waals surface area contributed by atoms with Gasteiger partial charge in [0.1, 0.15) is 6.04 Å². The van der Waals surface area contributed by atoms with Gasteiger partial charge >= 0.3 is 6.18 Å². The molecule has 0 saturated carbocycles. The summed E-state index contributed by atoms with van der Waals surface area (Å²) < 4.78 is 45.6. The minimum Gasteiger partial charge on any atom is -0.419 e. The van der Waals surface area contributed by atoms with Gasteiger partial charge in [-0.15, -0.1) is 10.2 Å². The molecule has 1 saturated heterocycles. The van der Waals surface area contributed by atoms with Crippen molar-refractivity contribution in [3.8, 4) is 11.5 Å². The summed E-state index contributed by atoms with van der Waals surface area (Å²) in [5.74, 6) is 0.869. The quantitative estimate of drug-likeness (QED) is 0.322. The Balaban J connectivity index is 1.38. The number of rotatable bonds is 5. The number of hydrogen-bond donors (Lipinski definition) is 0. The maximum absolute atomic E-state index is 13.2. The molecule has 35 heavy (non-hydrogen) atoms. The van der Waals surface area contributed by atoms with E-state index in [1.807, 2.05) is 47.4 Å². The lowest BCUT2D eigenvalue weighted by molar-refractivity contribution is -0.137. The average molecular weight is 499 g/mol. The molecular formula is C26H22ClF3N4O. The van der Waals surface area contributed by atoms with Gasteiger partial charge in [-0.3, -0.25) is 4.90 Å². The standard InChI is InChI=1S/C26H22ClF3N4O/c27-21-11-9-19(10-12-21)24-31-32-25(35-24)23(18-5-2-1-3-6-18)34-15-13-33(14-16-34)22-8-4-7-20(17-22)26(28,29)30/h1-12,17,23H,13-16H2/t23-/m1/s1. The van der Waals surface area contributed by atoms with Gasteiger partial charge in [0, 0.05) is 42.5 Å². The van der Waals surface area contributed by atoms with Crippen LogP contribution in [0.4, 0.5) is 18.9 Å². The normalized spacial score (nSPS) is 15.8. The molecule has 0 aliphatic carbocycles. The van der Waals surface area contributed by atoms with E-state index in [4.69, 9.17) is 16.0 Å². The molecule has 1 atom stereocenters. The first-order valence-corrected chi connectivity index (χ1v) is 11.6. The smallest absolute Gasteiger partial charge is 0.416 e. The van der Waals surface area contributed by atoms with E-state index in [1.54, 1.807) is 18.2 Å². The Bertz CT molecular complexity index is 1270. The maximum atomic E-state index is 13.2. The van der Waals surface area contributed by atoms with Gasteiger partial charge in [-0.1, -0.05) is 48.0 Å². The fourth-order valence-electron chi connectivity index (χ4n) is 4.32. The van der Waals surface area contributed by atoms with Crippen LogP contribution in [0.5, 0.6) is 0 Å². The topological polar surface area (TPSA) is 45.4 Å². The van der Waals surface area contributed by atoms with E-state index >= 15 is 0 Å². The average Bonchev–Trinajstić information content (AvgIpc) is 3.35. The third-order valence-electron chi connectivity index (χ3n) is 6.10. The Labute approximate surface area is 205 Å². The lowest BCUT2D eigenvalue weighted by atomic mass is 10.0. The van der Waals surface area contributed by atoms with Crippen LogP contribution in [0.3, 0.4) is 0 Å². The van der Waals surface area contributed by atoms with Crippen molar-refractivity contribution < 1.29 is 17.6 Å². The van der Waals surface area contributed by atoms with Gasteiger partial charge < -0.3 is 9.32 Å². The molecule has 0 amide bonds. The Kier molecular flexibility index (Phi) is 6.49. The summed E-state index contributed by atoms with van der Waals surface area (Å²) in [5, 5.41) is 9.22. The number of anilines is 1. The lowest BCUT2D eigenvalue weighted by Crippen LogP contribution is -2.48. The number of halogens is 4. The van der Waals surface area contributed by atoms with Crippen molar-refractivity contribution >= 4 is 17.3 Å². The van der Waals surface area contributed by atoms with Gasteiger partial charge in [-0.05, 0) is 48.0 Å². The summed E-state index contributed by atoms with van der Waals surface area (Å²) in [6, 6.07) is 22.3. The van der Waals surface area contributed by atoms with Crippen LogP contribution < -0.4 is 4.90 Å². The number of alkyl halides is 3. The molecular weight excluding hydrogens is 477 g/mol. The van der Waals surface area contributed by atoms with Crippen molar-refractivity contribution in [3.05, 3.63) is 101 Å². The first-order valence-electron chi connectivity index (χ1n) is 11.2. The van der Waals surface area contributed by atoms with Gasteiger partial charge in [-0.2, -0.15) is 13.2 Å². The van der Waals surface area contributed by atoms with E-state index in [0.29, 0.717) is 48.7 Å². The second kappa shape index (κ2) is 9.71. The molecule has 9 heteroatoms. The van der Waals surface area contributed by atoms with Gasteiger partial charge in [0.25, 0.3) is 0 Å². The molecule has 0 unspecified atom stereocenters. The number of aromatic nitrogens is 2. The largest absolute Gasteiger partial charge is 0.419 e. The molecule has 0 N–H and O–H groups in total. The summed E-state index contributed by atoms with van der Waals surface area (Å²) in [7, 11) is 0. The molecule has 5 rings (SSSR count). The molecule has 180 valence electrons. The van der Waals surface area contributed by atoms with Crippen LogP contribution in [0.2, 0.25) is 5.02 Å². The zero-order valence-corrected chi connectivity index (χ0v) is 19.4. The molecule has 0 bridgehead atoms. The van der Waals surface area contributed by atoms with Crippen molar-refractivity contribution in [1.82, 2.24) is 15.1 Å². The SMILES string of the molecule is FC(F)(F)c1cccc(N2CCN([C@H](c3ccccc3)c3nnc(-c4ccc(Cl)cc4)o3)CC2)c1. The summed E-state index contributed by atoms with van der Waals surface area (Å²) in [6.45, 7) is 2.38. The van der Waals surface area contributed by atoms with Crippen molar-refractivity contribution in [2.75, 3.05) is 31.1 Å². The van der Waals surface area contributed by atoms with Gasteiger partial charge in [0.15, 0.2) is 0 Å². The van der Waals surface area contributed by atoms with E-state index in [0.717, 1.165) is 17.2 Å². The van der Waals surface area contributed by atoms with Crippen LogP contribution in [-0.2, 0) is 6.18 Å². The predicted molar refractivity (Wildman–Crippen MR) is 128 cm³/mol. The highest BCUT2D eigenvalue weighted by molar-refractivity contribution is 6.30. The summed E-state index contributed by atoms with van der Waals surface area (Å²) in [6.07, 6.45) is -4.37. The monoisotopic (exact) mass is 498 g/mol. The third kappa shape index (κ3) is 5.18. The van der Waals surface area contributed by atoms with Gasteiger partial charge in [-0.25, -0.2) is 0 Å². The van der Waals surface area contributed by atoms with Crippen molar-refractivity contribution in [2.45, 2.75) is 12.2 Å². The van der Waals surface area contributed by atoms with Crippen molar-refractivity contribution in [2.24, 2.45) is 0 Å². The van der Waals surface area contributed by atoms with E-state index in [9.17, 15) is 13.2 Å². The molecule has 0 spiro atoms. The van der Waals surface area contributed by atoms with E-state index in [1.165, 1.54) is 12.1 Å². The van der Waals surface area contributed by atoms with Crippen LogP contribution in [0.1, 0.15) is 23.1 Å². The lowest BCUT2D eigenvalue weighted by Gasteiger charge is -2.39. The zero-order chi connectivity index (χ0) is 24.4. The number of nitrogens with zero attached hydrogens (tertiary/aromatic N) is 4. The highest BCUT2D eigenvalue weighted by Crippen LogP contribution is 2.34. The molecule has 1 aromatic heterocycles.